The van der Waals surface area contributed by atoms with Gasteiger partial charge in [-0.25, -0.2) is 13.6 Å². The fraction of sp³-hybridized carbons (Fsp3) is 0.556. The zero-order chi connectivity index (χ0) is 19.5. The highest BCUT2D eigenvalue weighted by Crippen LogP contribution is 2.33. The Balaban J connectivity index is 2.24. The molecule has 0 saturated carbocycles. The molecule has 6 nitrogen and oxygen atoms in total. The molecule has 0 radical (unpaired) electrons. The van der Waals surface area contributed by atoms with Gasteiger partial charge in [-0.15, -0.1) is 0 Å². The number of hydrogen-bond donors (Lipinski definition) is 1. The third-order valence-corrected chi connectivity index (χ3v) is 3.98. The number of methoxy groups -OCH3 is 1. The first kappa shape index (κ1) is 20.1. The molecule has 1 fully saturated rings. The van der Waals surface area contributed by atoms with Gasteiger partial charge in [-0.2, -0.15) is 0 Å². The monoisotopic (exact) mass is 370 g/mol. The lowest BCUT2D eigenvalue weighted by molar-refractivity contribution is -0.126. The first-order valence-electron chi connectivity index (χ1n) is 8.33. The molecule has 2 atom stereocenters. The first-order chi connectivity index (χ1) is 12.1. The van der Waals surface area contributed by atoms with E-state index in [0.717, 1.165) is 6.07 Å². The lowest BCUT2D eigenvalue weighted by atomic mass is 9.96. The summed E-state index contributed by atoms with van der Waals surface area (Å²) in [6, 6.07) is 2.41. The molecule has 0 aromatic heterocycles. The van der Waals surface area contributed by atoms with E-state index >= 15 is 0 Å². The van der Waals surface area contributed by atoms with Crippen molar-refractivity contribution < 1.29 is 27.8 Å². The maximum atomic E-state index is 13.5. The topological polar surface area (TPSA) is 67.9 Å². The molecule has 0 bridgehead atoms. The van der Waals surface area contributed by atoms with E-state index < -0.39 is 35.3 Å². The summed E-state index contributed by atoms with van der Waals surface area (Å²) in [6.07, 6.45) is -0.410. The van der Waals surface area contributed by atoms with Crippen LogP contribution in [0, 0.1) is 11.6 Å². The zero-order valence-corrected chi connectivity index (χ0v) is 15.3. The van der Waals surface area contributed by atoms with Crippen molar-refractivity contribution >= 4 is 12.0 Å². The minimum atomic E-state index is -0.809. The van der Waals surface area contributed by atoms with E-state index in [1.165, 1.54) is 24.1 Å². The Labute approximate surface area is 151 Å². The fourth-order valence-corrected chi connectivity index (χ4v) is 2.92. The standard InChI is InChI=1S/C18H24F2N2O4/c1-18(2,3)26-17(24)22-9-12(7-15(22)16(23)21-10-25-4)11-5-13(19)8-14(20)6-11/h5-6,8,12,15H,7,9-10H2,1-4H3,(H,21,23)/t12-,15+/m1/s1. The highest BCUT2D eigenvalue weighted by atomic mass is 19.1. The lowest BCUT2D eigenvalue weighted by Gasteiger charge is -2.28. The van der Waals surface area contributed by atoms with Gasteiger partial charge in [-0.1, -0.05) is 0 Å². The van der Waals surface area contributed by atoms with E-state index in [9.17, 15) is 18.4 Å². The van der Waals surface area contributed by atoms with Crippen molar-refractivity contribution in [3.05, 3.63) is 35.4 Å². The maximum Gasteiger partial charge on any atom is 0.410 e. The number of likely N-dealkylation sites (tertiary alicyclic amines) is 1. The molecule has 144 valence electrons. The minimum absolute atomic E-state index is 0.00322. The summed E-state index contributed by atoms with van der Waals surface area (Å²) in [4.78, 5) is 26.2. The molecule has 26 heavy (non-hydrogen) atoms. The fourth-order valence-electron chi connectivity index (χ4n) is 2.92. The molecule has 1 aliphatic heterocycles. The van der Waals surface area contributed by atoms with Gasteiger partial charge in [0.1, 0.15) is 30.0 Å². The van der Waals surface area contributed by atoms with E-state index in [0.29, 0.717) is 5.56 Å². The number of amides is 2. The van der Waals surface area contributed by atoms with Crippen LogP contribution in [0.25, 0.3) is 0 Å². The van der Waals surface area contributed by atoms with E-state index in [4.69, 9.17) is 9.47 Å². The number of carbonyl (C=O) groups excluding carboxylic acids is 2. The Bertz CT molecular complexity index is 655. The van der Waals surface area contributed by atoms with Gasteiger partial charge < -0.3 is 14.8 Å². The molecule has 8 heteroatoms. The Morgan fingerprint density at radius 3 is 2.38 bits per heavy atom. The van der Waals surface area contributed by atoms with Crippen LogP contribution in [0.4, 0.5) is 13.6 Å². The van der Waals surface area contributed by atoms with Gasteiger partial charge in [0.25, 0.3) is 0 Å². The average Bonchev–Trinajstić information content (AvgIpc) is 2.95. The summed E-state index contributed by atoms with van der Waals surface area (Å²) >= 11 is 0. The quantitative estimate of drug-likeness (QED) is 0.828. The first-order valence-corrected chi connectivity index (χ1v) is 8.33. The molecule has 1 N–H and O–H groups in total. The van der Waals surface area contributed by atoms with Crippen LogP contribution in [-0.2, 0) is 14.3 Å². The van der Waals surface area contributed by atoms with Gasteiger partial charge in [0.15, 0.2) is 0 Å². The summed E-state index contributed by atoms with van der Waals surface area (Å²) in [5.41, 5.74) is -0.327. The van der Waals surface area contributed by atoms with Crippen molar-refractivity contribution in [2.45, 2.75) is 44.8 Å². The highest BCUT2D eigenvalue weighted by Gasteiger charge is 2.42. The number of halogens is 2. The summed E-state index contributed by atoms with van der Waals surface area (Å²) in [7, 11) is 1.43. The van der Waals surface area contributed by atoms with E-state index in [2.05, 4.69) is 5.32 Å². The second kappa shape index (κ2) is 7.99. The Hall–Kier alpha value is -2.22. The van der Waals surface area contributed by atoms with Gasteiger partial charge in [0, 0.05) is 25.6 Å². The van der Waals surface area contributed by atoms with Crippen LogP contribution in [0.2, 0.25) is 0 Å². The van der Waals surface area contributed by atoms with Crippen LogP contribution < -0.4 is 5.32 Å². The van der Waals surface area contributed by atoms with E-state index in [-0.39, 0.29) is 25.6 Å². The van der Waals surface area contributed by atoms with Crippen molar-refractivity contribution in [3.63, 3.8) is 0 Å². The van der Waals surface area contributed by atoms with E-state index in [1.807, 2.05) is 0 Å². The second-order valence-corrected chi connectivity index (χ2v) is 7.26. The smallest absolute Gasteiger partial charge is 0.410 e. The molecule has 0 spiro atoms. The third-order valence-electron chi connectivity index (χ3n) is 3.98. The molecule has 1 aromatic carbocycles. The number of nitrogens with zero attached hydrogens (tertiary/aromatic N) is 1. The average molecular weight is 370 g/mol. The largest absolute Gasteiger partial charge is 0.444 e. The summed E-state index contributed by atoms with van der Waals surface area (Å²) in [6.45, 7) is 5.29. The number of hydrogen-bond acceptors (Lipinski definition) is 4. The molecule has 2 amide bonds. The van der Waals surface area contributed by atoms with Gasteiger partial charge in [-0.3, -0.25) is 9.69 Å². The van der Waals surface area contributed by atoms with Crippen LogP contribution in [0.3, 0.4) is 0 Å². The van der Waals surface area contributed by atoms with Gasteiger partial charge >= 0.3 is 6.09 Å². The number of rotatable bonds is 4. The lowest BCUT2D eigenvalue weighted by Crippen LogP contribution is -2.47. The highest BCUT2D eigenvalue weighted by molar-refractivity contribution is 5.86. The van der Waals surface area contributed by atoms with Crippen LogP contribution in [0.15, 0.2) is 18.2 Å². The van der Waals surface area contributed by atoms with Crippen molar-refractivity contribution in [2.24, 2.45) is 0 Å². The van der Waals surface area contributed by atoms with Crippen molar-refractivity contribution in [1.82, 2.24) is 10.2 Å². The molecule has 1 saturated heterocycles. The molecule has 1 heterocycles. The summed E-state index contributed by atoms with van der Waals surface area (Å²) < 4.78 is 37.3. The third kappa shape index (κ3) is 5.14. The number of carbonyl (C=O) groups is 2. The van der Waals surface area contributed by atoms with Crippen LogP contribution in [0.1, 0.15) is 38.7 Å². The summed E-state index contributed by atoms with van der Waals surface area (Å²) in [5, 5.41) is 2.56. The second-order valence-electron chi connectivity index (χ2n) is 7.26. The predicted molar refractivity (Wildman–Crippen MR) is 90.5 cm³/mol. The Kier molecular flexibility index (Phi) is 6.17. The predicted octanol–water partition coefficient (Wildman–Crippen LogP) is 2.78. The molecular formula is C18H24F2N2O4. The summed E-state index contributed by atoms with van der Waals surface area (Å²) in [5.74, 6) is -2.18. The van der Waals surface area contributed by atoms with Crippen LogP contribution in [0.5, 0.6) is 0 Å². The Morgan fingerprint density at radius 2 is 1.85 bits per heavy atom. The molecule has 0 unspecified atom stereocenters. The molecular weight excluding hydrogens is 346 g/mol. The SMILES string of the molecule is COCNC(=O)[C@@H]1C[C@@H](c2cc(F)cc(F)c2)CN1C(=O)OC(C)(C)C. The normalized spacial score (nSPS) is 20.2. The number of nitrogens with one attached hydrogen (secondary N) is 1. The Morgan fingerprint density at radius 1 is 1.23 bits per heavy atom. The van der Waals surface area contributed by atoms with Gasteiger partial charge in [0.2, 0.25) is 5.91 Å². The molecule has 0 aliphatic carbocycles. The molecule has 1 aromatic rings. The molecule has 1 aliphatic rings. The molecule has 2 rings (SSSR count). The van der Waals surface area contributed by atoms with Gasteiger partial charge in [-0.05, 0) is 44.9 Å². The van der Waals surface area contributed by atoms with Crippen molar-refractivity contribution in [1.29, 1.82) is 0 Å². The maximum absolute atomic E-state index is 13.5. The van der Waals surface area contributed by atoms with Crippen molar-refractivity contribution in [2.75, 3.05) is 20.4 Å². The minimum Gasteiger partial charge on any atom is -0.444 e. The van der Waals surface area contributed by atoms with Crippen molar-refractivity contribution in [3.8, 4) is 0 Å². The van der Waals surface area contributed by atoms with Crippen LogP contribution in [-0.4, -0.2) is 48.9 Å². The van der Waals surface area contributed by atoms with E-state index in [1.54, 1.807) is 20.8 Å². The zero-order valence-electron chi connectivity index (χ0n) is 15.3. The van der Waals surface area contributed by atoms with Crippen LogP contribution >= 0.6 is 0 Å². The number of ether oxygens (including phenoxy) is 2. The number of benzene rings is 1. The van der Waals surface area contributed by atoms with Gasteiger partial charge in [0.05, 0.1) is 0 Å².